The molecule has 0 aromatic heterocycles. The number of rotatable bonds is 19. The molecule has 0 aliphatic carbocycles. The van der Waals surface area contributed by atoms with E-state index in [1.165, 1.54) is 70.6 Å². The number of hydrogen-bond donors (Lipinski definition) is 1. The summed E-state index contributed by atoms with van der Waals surface area (Å²) in [5.41, 5.74) is 0. The summed E-state index contributed by atoms with van der Waals surface area (Å²) in [5.74, 6) is 1.97. The molecule has 0 heterocycles. The Bertz CT molecular complexity index is 359. The fourth-order valence-electron chi connectivity index (χ4n) is 3.69. The molecule has 0 bridgehead atoms. The maximum absolute atomic E-state index is 10.4. The van der Waals surface area contributed by atoms with E-state index in [9.17, 15) is 4.79 Å². The van der Waals surface area contributed by atoms with Gasteiger partial charge in [0.1, 0.15) is 0 Å². The lowest BCUT2D eigenvalue weighted by atomic mass is 9.92. The SMILES string of the molecule is CC(C)CCCC(C)CCCC(C)CCCCCC/C=C\CCCC(=O)O. The Labute approximate surface area is 170 Å². The lowest BCUT2D eigenvalue weighted by Gasteiger charge is -2.15. The fraction of sp³-hybridized carbons (Fsp3) is 0.880. The highest BCUT2D eigenvalue weighted by molar-refractivity contribution is 5.66. The standard InChI is InChI=1S/C25H48O2/c1-22(2)16-14-18-24(4)20-15-19-23(3)17-12-10-8-6-5-7-9-11-13-21-25(26)27/h7,9,22-24H,5-6,8,10-21H2,1-4H3,(H,26,27)/b9-7-. The molecule has 0 saturated carbocycles. The Morgan fingerprint density at radius 1 is 0.667 bits per heavy atom. The van der Waals surface area contributed by atoms with Gasteiger partial charge in [-0.2, -0.15) is 0 Å². The van der Waals surface area contributed by atoms with Crippen LogP contribution in [0, 0.1) is 17.8 Å². The topological polar surface area (TPSA) is 37.3 Å². The molecule has 2 nitrogen and oxygen atoms in total. The first-order chi connectivity index (χ1) is 12.9. The first-order valence-corrected chi connectivity index (χ1v) is 11.8. The molecule has 2 unspecified atom stereocenters. The highest BCUT2D eigenvalue weighted by atomic mass is 16.4. The van der Waals surface area contributed by atoms with Crippen LogP contribution in [0.15, 0.2) is 12.2 Å². The third kappa shape index (κ3) is 21.4. The quantitative estimate of drug-likeness (QED) is 0.180. The predicted octanol–water partition coefficient (Wildman–Crippen LogP) is 8.41. The van der Waals surface area contributed by atoms with Crippen LogP contribution < -0.4 is 0 Å². The summed E-state index contributed by atoms with van der Waals surface area (Å²) in [5, 5.41) is 8.57. The molecular formula is C25H48O2. The van der Waals surface area contributed by atoms with Gasteiger partial charge in [-0.25, -0.2) is 0 Å². The summed E-state index contributed by atoms with van der Waals surface area (Å²) in [6, 6.07) is 0. The molecular weight excluding hydrogens is 332 g/mol. The highest BCUT2D eigenvalue weighted by Gasteiger charge is 2.06. The molecule has 0 saturated heterocycles. The van der Waals surface area contributed by atoms with E-state index in [-0.39, 0.29) is 0 Å². The van der Waals surface area contributed by atoms with Crippen molar-refractivity contribution in [3.8, 4) is 0 Å². The number of carboxylic acids is 1. The largest absolute Gasteiger partial charge is 0.481 e. The number of carbonyl (C=O) groups is 1. The van der Waals surface area contributed by atoms with Gasteiger partial charge in [-0.05, 0) is 43.4 Å². The second kappa shape index (κ2) is 18.6. The Kier molecular flexibility index (Phi) is 18.0. The van der Waals surface area contributed by atoms with Crippen LogP contribution in [-0.2, 0) is 4.79 Å². The lowest BCUT2D eigenvalue weighted by Crippen LogP contribution is -2.00. The molecule has 0 aromatic carbocycles. The molecule has 2 heteroatoms. The van der Waals surface area contributed by atoms with Gasteiger partial charge in [0.2, 0.25) is 0 Å². The number of aliphatic carboxylic acids is 1. The van der Waals surface area contributed by atoms with E-state index in [1.54, 1.807) is 0 Å². The summed E-state index contributed by atoms with van der Waals surface area (Å²) in [6.45, 7) is 9.53. The van der Waals surface area contributed by atoms with Crippen LogP contribution in [0.25, 0.3) is 0 Å². The van der Waals surface area contributed by atoms with E-state index >= 15 is 0 Å². The van der Waals surface area contributed by atoms with Crippen molar-refractivity contribution in [2.75, 3.05) is 0 Å². The molecule has 0 radical (unpaired) electrons. The molecule has 0 spiro atoms. The van der Waals surface area contributed by atoms with E-state index in [4.69, 9.17) is 5.11 Å². The summed E-state index contributed by atoms with van der Waals surface area (Å²) >= 11 is 0. The van der Waals surface area contributed by atoms with Crippen LogP contribution in [0.4, 0.5) is 0 Å². The summed E-state index contributed by atoms with van der Waals surface area (Å²) in [6.07, 6.45) is 22.7. The van der Waals surface area contributed by atoms with Crippen molar-refractivity contribution < 1.29 is 9.90 Å². The van der Waals surface area contributed by atoms with Crippen LogP contribution in [0.5, 0.6) is 0 Å². The first kappa shape index (κ1) is 26.2. The molecule has 2 atom stereocenters. The van der Waals surface area contributed by atoms with Crippen LogP contribution >= 0.6 is 0 Å². The maximum Gasteiger partial charge on any atom is 0.303 e. The van der Waals surface area contributed by atoms with Crippen molar-refractivity contribution in [3.63, 3.8) is 0 Å². The predicted molar refractivity (Wildman–Crippen MR) is 119 cm³/mol. The van der Waals surface area contributed by atoms with Crippen molar-refractivity contribution in [2.45, 2.75) is 124 Å². The Morgan fingerprint density at radius 3 is 1.70 bits per heavy atom. The number of carboxylic acid groups (broad SMARTS) is 1. The third-order valence-corrected chi connectivity index (χ3v) is 5.62. The van der Waals surface area contributed by atoms with E-state index < -0.39 is 5.97 Å². The third-order valence-electron chi connectivity index (χ3n) is 5.62. The highest BCUT2D eigenvalue weighted by Crippen LogP contribution is 2.21. The molecule has 0 aliphatic rings. The monoisotopic (exact) mass is 380 g/mol. The second-order valence-corrected chi connectivity index (χ2v) is 9.21. The molecule has 0 fully saturated rings. The van der Waals surface area contributed by atoms with Gasteiger partial charge in [0.25, 0.3) is 0 Å². The van der Waals surface area contributed by atoms with Gasteiger partial charge in [-0.3, -0.25) is 4.79 Å². The maximum atomic E-state index is 10.4. The minimum atomic E-state index is -0.686. The number of hydrogen-bond acceptors (Lipinski definition) is 1. The van der Waals surface area contributed by atoms with E-state index in [0.717, 1.165) is 37.0 Å². The smallest absolute Gasteiger partial charge is 0.303 e. The number of unbranched alkanes of at least 4 members (excludes halogenated alkanes) is 5. The average Bonchev–Trinajstić information content (AvgIpc) is 2.59. The molecule has 0 aromatic rings. The summed E-state index contributed by atoms with van der Waals surface area (Å²) in [7, 11) is 0. The molecule has 0 amide bonds. The zero-order chi connectivity index (χ0) is 20.3. The van der Waals surface area contributed by atoms with E-state index in [1.807, 2.05) is 0 Å². The summed E-state index contributed by atoms with van der Waals surface area (Å²) in [4.78, 5) is 10.4. The van der Waals surface area contributed by atoms with Crippen LogP contribution in [0.2, 0.25) is 0 Å². The number of allylic oxidation sites excluding steroid dienone is 2. The van der Waals surface area contributed by atoms with E-state index in [2.05, 4.69) is 39.8 Å². The van der Waals surface area contributed by atoms with Crippen molar-refractivity contribution in [1.82, 2.24) is 0 Å². The molecule has 0 aliphatic heterocycles. The first-order valence-electron chi connectivity index (χ1n) is 11.8. The average molecular weight is 381 g/mol. The van der Waals surface area contributed by atoms with Crippen molar-refractivity contribution in [3.05, 3.63) is 12.2 Å². The van der Waals surface area contributed by atoms with Crippen LogP contribution in [0.1, 0.15) is 124 Å². The summed E-state index contributed by atoms with van der Waals surface area (Å²) < 4.78 is 0. The molecule has 0 rings (SSSR count). The van der Waals surface area contributed by atoms with Crippen molar-refractivity contribution >= 4 is 5.97 Å². The van der Waals surface area contributed by atoms with Gasteiger partial charge in [-0.1, -0.05) is 104 Å². The zero-order valence-electron chi connectivity index (χ0n) is 18.8. The normalized spacial score (nSPS) is 14.1. The molecule has 160 valence electrons. The minimum absolute atomic E-state index is 0.291. The van der Waals surface area contributed by atoms with Gasteiger partial charge >= 0.3 is 5.97 Å². The van der Waals surface area contributed by atoms with Gasteiger partial charge in [0.05, 0.1) is 0 Å². The lowest BCUT2D eigenvalue weighted by molar-refractivity contribution is -0.137. The van der Waals surface area contributed by atoms with Gasteiger partial charge in [0, 0.05) is 6.42 Å². The van der Waals surface area contributed by atoms with Gasteiger partial charge in [-0.15, -0.1) is 0 Å². The second-order valence-electron chi connectivity index (χ2n) is 9.21. The van der Waals surface area contributed by atoms with Gasteiger partial charge < -0.3 is 5.11 Å². The van der Waals surface area contributed by atoms with E-state index in [0.29, 0.717) is 6.42 Å². The van der Waals surface area contributed by atoms with Crippen molar-refractivity contribution in [2.24, 2.45) is 17.8 Å². The molecule has 1 N–H and O–H groups in total. The Morgan fingerprint density at radius 2 is 1.15 bits per heavy atom. The Balaban J connectivity index is 3.37. The minimum Gasteiger partial charge on any atom is -0.481 e. The van der Waals surface area contributed by atoms with Gasteiger partial charge in [0.15, 0.2) is 0 Å². The zero-order valence-corrected chi connectivity index (χ0v) is 18.8. The van der Waals surface area contributed by atoms with Crippen LogP contribution in [-0.4, -0.2) is 11.1 Å². The van der Waals surface area contributed by atoms with Crippen molar-refractivity contribution in [1.29, 1.82) is 0 Å². The Hall–Kier alpha value is -0.790. The molecule has 27 heavy (non-hydrogen) atoms. The fourth-order valence-corrected chi connectivity index (χ4v) is 3.69. The van der Waals surface area contributed by atoms with Crippen LogP contribution in [0.3, 0.4) is 0 Å².